The molecule has 0 atom stereocenters. The minimum Gasteiger partial charge on any atom is -0.466 e. The molecule has 0 unspecified atom stereocenters. The van der Waals surface area contributed by atoms with Crippen LogP contribution in [0.2, 0.25) is 0 Å². The van der Waals surface area contributed by atoms with E-state index in [2.05, 4.69) is 181 Å². The SMILES string of the molecule is CC(C)(C)c1ccc(N2B3c4oc5ccc(C(C)(C)C)cc5c4-n4c5cc6sc7ccccc7c6cc5c5ccc(c3c54)-c3cc(C(C)(C)C)ccc32)cc1. The lowest BCUT2D eigenvalue weighted by molar-refractivity contribution is 0.590. The molecule has 5 heteroatoms. The summed E-state index contributed by atoms with van der Waals surface area (Å²) in [4.78, 5) is 2.58. The first-order chi connectivity index (χ1) is 26.2. The lowest BCUT2D eigenvalue weighted by Crippen LogP contribution is -2.60. The summed E-state index contributed by atoms with van der Waals surface area (Å²) in [5.41, 5.74) is 15.9. The highest BCUT2D eigenvalue weighted by atomic mass is 32.1. The second-order valence-electron chi connectivity index (χ2n) is 19.0. The van der Waals surface area contributed by atoms with Crippen molar-refractivity contribution in [2.45, 2.75) is 78.6 Å². The van der Waals surface area contributed by atoms with Crippen LogP contribution >= 0.6 is 11.3 Å². The number of anilines is 2. The van der Waals surface area contributed by atoms with Gasteiger partial charge < -0.3 is 13.8 Å². The van der Waals surface area contributed by atoms with Crippen LogP contribution in [0, 0.1) is 0 Å². The molecular formula is C50H45BN2OS. The lowest BCUT2D eigenvalue weighted by Gasteiger charge is -2.41. The first-order valence-electron chi connectivity index (χ1n) is 19.7. The molecule has 3 aromatic heterocycles. The van der Waals surface area contributed by atoms with Crippen molar-refractivity contribution in [1.82, 2.24) is 4.57 Å². The molecule has 0 N–H and O–H groups in total. The molecule has 11 rings (SSSR count). The Kier molecular flexibility index (Phi) is 6.46. The van der Waals surface area contributed by atoms with Gasteiger partial charge in [-0.3, -0.25) is 0 Å². The summed E-state index contributed by atoms with van der Waals surface area (Å²) in [5, 5.41) is 6.41. The highest BCUT2D eigenvalue weighted by Crippen LogP contribution is 2.49. The largest absolute Gasteiger partial charge is 0.466 e. The van der Waals surface area contributed by atoms with Gasteiger partial charge in [-0.1, -0.05) is 117 Å². The van der Waals surface area contributed by atoms with Crippen molar-refractivity contribution in [3.8, 4) is 16.8 Å². The van der Waals surface area contributed by atoms with Crippen LogP contribution in [0.25, 0.3) is 69.8 Å². The molecule has 0 amide bonds. The maximum absolute atomic E-state index is 7.26. The fourth-order valence-corrected chi connectivity index (χ4v) is 10.6. The Morgan fingerprint density at radius 2 is 1.24 bits per heavy atom. The van der Waals surface area contributed by atoms with E-state index in [1.165, 1.54) is 97.7 Å². The van der Waals surface area contributed by atoms with Crippen LogP contribution in [0.5, 0.6) is 0 Å². The second kappa shape index (κ2) is 10.7. The normalized spacial score (nSPS) is 14.2. The van der Waals surface area contributed by atoms with Gasteiger partial charge in [0.1, 0.15) is 11.2 Å². The van der Waals surface area contributed by atoms with Crippen molar-refractivity contribution in [3.63, 3.8) is 0 Å². The van der Waals surface area contributed by atoms with Crippen molar-refractivity contribution >= 4 is 93.6 Å². The third-order valence-electron chi connectivity index (χ3n) is 12.4. The summed E-state index contributed by atoms with van der Waals surface area (Å²) in [6.45, 7) is 20.6. The number of hydrogen-bond acceptors (Lipinski definition) is 3. The van der Waals surface area contributed by atoms with Crippen molar-refractivity contribution < 1.29 is 4.42 Å². The summed E-state index contributed by atoms with van der Waals surface area (Å²) in [7, 11) is 0. The quantitative estimate of drug-likeness (QED) is 0.157. The number of hydrogen-bond donors (Lipinski definition) is 0. The minimum absolute atomic E-state index is 0.00643. The van der Waals surface area contributed by atoms with Gasteiger partial charge in [0.05, 0.1) is 16.7 Å². The van der Waals surface area contributed by atoms with E-state index in [9.17, 15) is 0 Å². The van der Waals surface area contributed by atoms with Gasteiger partial charge in [-0.25, -0.2) is 0 Å². The number of aromatic nitrogens is 1. The first kappa shape index (κ1) is 33.1. The van der Waals surface area contributed by atoms with Gasteiger partial charge in [0.2, 0.25) is 0 Å². The third-order valence-corrected chi connectivity index (χ3v) is 13.6. The van der Waals surface area contributed by atoms with Crippen molar-refractivity contribution in [3.05, 3.63) is 126 Å². The zero-order valence-electron chi connectivity index (χ0n) is 33.2. The summed E-state index contributed by atoms with van der Waals surface area (Å²) < 4.78 is 12.5. The fourth-order valence-electron chi connectivity index (χ4n) is 9.43. The van der Waals surface area contributed by atoms with Crippen LogP contribution in [0.1, 0.15) is 79.0 Å². The van der Waals surface area contributed by atoms with Gasteiger partial charge >= 0.3 is 6.85 Å². The van der Waals surface area contributed by atoms with Crippen molar-refractivity contribution in [2.24, 2.45) is 0 Å². The molecule has 270 valence electrons. The molecule has 55 heavy (non-hydrogen) atoms. The standard InChI is InChI=1S/C50H45BN2OS/c1-48(2,3)28-14-18-31(19-15-28)53-39-22-16-29(49(4,5)6)24-35(39)33-20-21-34-36-26-37-32-12-10-11-13-42(32)55-43(37)27-40(36)52-45(34)44(33)51(53)47-46(52)38-25-30(50(7,8)9)17-23-41(38)54-47/h10-27H,1-9H3. The van der Waals surface area contributed by atoms with Crippen LogP contribution in [-0.4, -0.2) is 11.4 Å². The zero-order chi connectivity index (χ0) is 37.9. The molecule has 9 aromatic rings. The van der Waals surface area contributed by atoms with Crippen molar-refractivity contribution in [1.29, 1.82) is 0 Å². The smallest absolute Gasteiger partial charge is 0.375 e. The molecule has 3 nitrogen and oxygen atoms in total. The van der Waals surface area contributed by atoms with E-state index < -0.39 is 0 Å². The maximum atomic E-state index is 7.26. The number of furan rings is 1. The Labute approximate surface area is 327 Å². The molecule has 0 aliphatic carbocycles. The van der Waals surface area contributed by atoms with E-state index in [1.807, 2.05) is 11.3 Å². The van der Waals surface area contributed by atoms with Crippen LogP contribution in [0.15, 0.2) is 114 Å². The number of nitrogens with zero attached hydrogens (tertiary/aromatic N) is 2. The predicted octanol–water partition coefficient (Wildman–Crippen LogP) is 13.0. The Hall–Kier alpha value is -5.26. The van der Waals surface area contributed by atoms with Crippen LogP contribution in [-0.2, 0) is 16.2 Å². The van der Waals surface area contributed by atoms with E-state index in [0.717, 1.165) is 11.2 Å². The van der Waals surface area contributed by atoms with Gasteiger partial charge in [-0.2, -0.15) is 0 Å². The van der Waals surface area contributed by atoms with Gasteiger partial charge in [0.25, 0.3) is 0 Å². The molecule has 0 bridgehead atoms. The van der Waals surface area contributed by atoms with E-state index in [1.54, 1.807) is 0 Å². The second-order valence-corrected chi connectivity index (χ2v) is 20.1. The van der Waals surface area contributed by atoms with Gasteiger partial charge in [-0.15, -0.1) is 11.3 Å². The predicted molar refractivity (Wildman–Crippen MR) is 239 cm³/mol. The first-order valence-corrected chi connectivity index (χ1v) is 20.5. The van der Waals surface area contributed by atoms with Crippen LogP contribution in [0.3, 0.4) is 0 Å². The molecule has 0 saturated heterocycles. The third kappa shape index (κ3) is 4.57. The Morgan fingerprint density at radius 1 is 0.545 bits per heavy atom. The van der Waals surface area contributed by atoms with Gasteiger partial charge in [0, 0.05) is 53.3 Å². The molecule has 0 radical (unpaired) electrons. The van der Waals surface area contributed by atoms with Gasteiger partial charge in [-0.05, 0) is 98.6 Å². The van der Waals surface area contributed by atoms with Crippen molar-refractivity contribution in [2.75, 3.05) is 4.81 Å². The fraction of sp³-hybridized carbons (Fsp3) is 0.240. The average molecular weight is 733 g/mol. The molecule has 0 saturated carbocycles. The molecule has 2 aliphatic rings. The number of fused-ring (bicyclic) bond motifs is 13. The minimum atomic E-state index is -0.161. The molecule has 5 heterocycles. The Balaban J connectivity index is 1.32. The lowest BCUT2D eigenvalue weighted by atomic mass is 9.46. The number of benzene rings is 6. The molecule has 6 aromatic carbocycles. The highest BCUT2D eigenvalue weighted by molar-refractivity contribution is 7.25. The summed E-state index contributed by atoms with van der Waals surface area (Å²) in [6, 6.07) is 41.9. The highest BCUT2D eigenvalue weighted by Gasteiger charge is 2.47. The average Bonchev–Trinajstić information content (AvgIpc) is 3.81. The maximum Gasteiger partial charge on any atom is 0.375 e. The van der Waals surface area contributed by atoms with E-state index in [4.69, 9.17) is 4.42 Å². The van der Waals surface area contributed by atoms with E-state index in [-0.39, 0.29) is 23.1 Å². The van der Waals surface area contributed by atoms with E-state index >= 15 is 0 Å². The van der Waals surface area contributed by atoms with E-state index in [0.29, 0.717) is 0 Å². The van der Waals surface area contributed by atoms with Gasteiger partial charge in [0.15, 0.2) is 0 Å². The Morgan fingerprint density at radius 3 is 1.98 bits per heavy atom. The molecule has 2 aliphatic heterocycles. The summed E-state index contributed by atoms with van der Waals surface area (Å²) in [6.07, 6.45) is 0. The molecule has 0 fully saturated rings. The molecular weight excluding hydrogens is 687 g/mol. The summed E-state index contributed by atoms with van der Waals surface area (Å²) in [5.74, 6) is 0. The topological polar surface area (TPSA) is 21.3 Å². The molecule has 0 spiro atoms. The number of thiophene rings is 1. The monoisotopic (exact) mass is 732 g/mol. The Bertz CT molecular complexity index is 3100. The zero-order valence-corrected chi connectivity index (χ0v) is 34.0. The summed E-state index contributed by atoms with van der Waals surface area (Å²) >= 11 is 1.89. The van der Waals surface area contributed by atoms with Crippen LogP contribution < -0.4 is 15.9 Å². The van der Waals surface area contributed by atoms with Crippen LogP contribution in [0.4, 0.5) is 11.4 Å². The number of rotatable bonds is 1.